The maximum atomic E-state index is 13.7. The lowest BCUT2D eigenvalue weighted by Gasteiger charge is -2.24. The lowest BCUT2D eigenvalue weighted by atomic mass is 9.77. The van der Waals surface area contributed by atoms with Gasteiger partial charge in [-0.15, -0.1) is 0 Å². The van der Waals surface area contributed by atoms with Gasteiger partial charge >= 0.3 is 18.1 Å². The molecule has 0 radical (unpaired) electrons. The number of phenolic OH excluding ortho intramolecular Hbond substituents is 1. The number of aliphatic carboxylic acids is 1. The number of carbonyl (C=O) groups excluding carboxylic acids is 1. The van der Waals surface area contributed by atoms with E-state index in [0.29, 0.717) is 11.1 Å². The maximum absolute atomic E-state index is 13.7. The highest BCUT2D eigenvalue weighted by atomic mass is 35.5. The van der Waals surface area contributed by atoms with Crippen molar-refractivity contribution in [2.45, 2.75) is 50.2 Å². The van der Waals surface area contributed by atoms with Gasteiger partial charge in [0.25, 0.3) is 0 Å². The SMILES string of the molecule is C[C@]1(c2ccc(CCC(=O)O)c(O)c2)C(=O)Nc2nc(-c3nn(CCC(F)(F)C(F)(F)F)c4cc(Cl)ccc34)nc(N)c21. The third-order valence-electron chi connectivity index (χ3n) is 7.37. The largest absolute Gasteiger partial charge is 0.508 e. The summed E-state index contributed by atoms with van der Waals surface area (Å²) < 4.78 is 66.6. The average Bonchev–Trinajstić information content (AvgIpc) is 3.40. The molecule has 2 aromatic carbocycles. The molecule has 1 amide bonds. The number of carboxylic acid groups (broad SMARTS) is 1. The van der Waals surface area contributed by atoms with E-state index in [2.05, 4.69) is 20.4 Å². The van der Waals surface area contributed by atoms with Crippen molar-refractivity contribution in [1.82, 2.24) is 19.7 Å². The van der Waals surface area contributed by atoms with Crippen LogP contribution in [0.2, 0.25) is 5.02 Å². The van der Waals surface area contributed by atoms with Crippen molar-refractivity contribution >= 4 is 46.0 Å². The van der Waals surface area contributed by atoms with E-state index in [1.54, 1.807) is 6.07 Å². The molecular weight excluding hydrogens is 603 g/mol. The van der Waals surface area contributed by atoms with Crippen LogP contribution in [0.25, 0.3) is 22.4 Å². The number of nitrogens with two attached hydrogens (primary N) is 1. The molecule has 1 aliphatic heterocycles. The van der Waals surface area contributed by atoms with Gasteiger partial charge < -0.3 is 21.3 Å². The molecule has 0 aliphatic carbocycles. The van der Waals surface area contributed by atoms with Crippen molar-refractivity contribution in [3.8, 4) is 17.3 Å². The minimum Gasteiger partial charge on any atom is -0.508 e. The molecule has 1 atom stereocenters. The summed E-state index contributed by atoms with van der Waals surface area (Å²) in [5.41, 5.74) is 5.86. The molecule has 16 heteroatoms. The van der Waals surface area contributed by atoms with Crippen LogP contribution in [0.4, 0.5) is 33.6 Å². The van der Waals surface area contributed by atoms with Crippen LogP contribution >= 0.6 is 11.6 Å². The Balaban J connectivity index is 1.55. The van der Waals surface area contributed by atoms with Crippen LogP contribution in [-0.4, -0.2) is 53.9 Å². The van der Waals surface area contributed by atoms with Gasteiger partial charge in [-0.2, -0.15) is 27.1 Å². The van der Waals surface area contributed by atoms with Gasteiger partial charge in [-0.1, -0.05) is 23.7 Å². The van der Waals surface area contributed by atoms with Crippen LogP contribution in [0, 0.1) is 0 Å². The van der Waals surface area contributed by atoms with E-state index in [1.165, 1.54) is 37.3 Å². The van der Waals surface area contributed by atoms with Gasteiger partial charge in [0.05, 0.1) is 11.1 Å². The minimum absolute atomic E-state index is 0.000212. The number of nitrogens with one attached hydrogen (secondary N) is 1. The fourth-order valence-corrected chi connectivity index (χ4v) is 5.15. The molecule has 0 bridgehead atoms. The van der Waals surface area contributed by atoms with Gasteiger partial charge in [-0.25, -0.2) is 9.97 Å². The molecule has 0 saturated carbocycles. The molecule has 5 N–H and O–H groups in total. The summed E-state index contributed by atoms with van der Waals surface area (Å²) in [6.45, 7) is 0.719. The number of alkyl halides is 5. The number of rotatable bonds is 8. The van der Waals surface area contributed by atoms with Crippen molar-refractivity contribution in [2.24, 2.45) is 0 Å². The van der Waals surface area contributed by atoms with E-state index in [4.69, 9.17) is 22.4 Å². The van der Waals surface area contributed by atoms with Gasteiger partial charge in [-0.05, 0) is 48.7 Å². The smallest absolute Gasteiger partial charge is 0.453 e. The molecule has 0 unspecified atom stereocenters. The van der Waals surface area contributed by atoms with Gasteiger partial charge in [0.1, 0.15) is 28.5 Å². The maximum Gasteiger partial charge on any atom is 0.453 e. The van der Waals surface area contributed by atoms with Gasteiger partial charge in [-0.3, -0.25) is 14.3 Å². The number of fused-ring (bicyclic) bond motifs is 2. The third-order valence-corrected chi connectivity index (χ3v) is 7.61. The number of aromatic hydroxyl groups is 1. The second-order valence-electron chi connectivity index (χ2n) is 10.2. The number of nitrogen functional groups attached to an aromatic ring is 1. The number of aromatic nitrogens is 4. The van der Waals surface area contributed by atoms with E-state index in [-0.39, 0.29) is 63.2 Å². The lowest BCUT2D eigenvalue weighted by Crippen LogP contribution is -2.37. The molecule has 226 valence electrons. The van der Waals surface area contributed by atoms with E-state index in [9.17, 15) is 36.6 Å². The van der Waals surface area contributed by atoms with Crippen LogP contribution < -0.4 is 11.1 Å². The Kier molecular flexibility index (Phi) is 7.19. The van der Waals surface area contributed by atoms with Crippen LogP contribution in [0.3, 0.4) is 0 Å². The highest BCUT2D eigenvalue weighted by Gasteiger charge is 2.56. The molecule has 4 aromatic rings. The Morgan fingerprint density at radius 3 is 2.51 bits per heavy atom. The van der Waals surface area contributed by atoms with Gasteiger partial charge in [0.15, 0.2) is 5.82 Å². The highest BCUT2D eigenvalue weighted by Crippen LogP contribution is 2.46. The fraction of sp³-hybridized carbons (Fsp3) is 0.296. The summed E-state index contributed by atoms with van der Waals surface area (Å²) in [6.07, 6.45) is -7.47. The zero-order valence-electron chi connectivity index (χ0n) is 22.1. The number of hydrogen-bond donors (Lipinski definition) is 4. The topological polar surface area (TPSA) is 156 Å². The predicted molar refractivity (Wildman–Crippen MR) is 145 cm³/mol. The normalized spacial score (nSPS) is 16.9. The molecule has 0 saturated heterocycles. The standard InChI is InChI=1S/C27H22ClF5N6O4/c1-25(13-4-2-12(17(40)10-13)3-7-18(41)42)19-21(34)35-23(36-22(19)37-24(25)43)20-15-6-5-14(28)11-16(15)39(38-20)9-8-26(29,30)27(31,32)33/h2,4-6,10-11,40H,3,7-9H2,1H3,(H,41,42)(H3,34,35,36,37,43)/t25-/m1/s1. The zero-order chi connectivity index (χ0) is 31.5. The number of aryl methyl sites for hydroxylation is 2. The summed E-state index contributed by atoms with van der Waals surface area (Å²) in [7, 11) is 0. The zero-order valence-corrected chi connectivity index (χ0v) is 22.9. The first kappa shape index (κ1) is 29.9. The number of phenols is 1. The molecule has 0 fully saturated rings. The Morgan fingerprint density at radius 1 is 1.14 bits per heavy atom. The summed E-state index contributed by atoms with van der Waals surface area (Å²) in [4.78, 5) is 32.9. The third kappa shape index (κ3) is 5.17. The monoisotopic (exact) mass is 624 g/mol. The molecule has 0 spiro atoms. The first-order chi connectivity index (χ1) is 20.0. The van der Waals surface area contributed by atoms with Crippen molar-refractivity contribution < 1.29 is 41.8 Å². The number of amides is 1. The minimum atomic E-state index is -5.74. The van der Waals surface area contributed by atoms with E-state index >= 15 is 0 Å². The van der Waals surface area contributed by atoms with E-state index in [1.807, 2.05) is 0 Å². The van der Waals surface area contributed by atoms with Gasteiger partial charge in [0.2, 0.25) is 5.91 Å². The molecule has 3 heterocycles. The van der Waals surface area contributed by atoms with Crippen molar-refractivity contribution in [1.29, 1.82) is 0 Å². The first-order valence-corrected chi connectivity index (χ1v) is 13.1. The average molecular weight is 625 g/mol. The van der Waals surface area contributed by atoms with E-state index in [0.717, 1.165) is 4.68 Å². The summed E-state index contributed by atoms with van der Waals surface area (Å²) >= 11 is 6.06. The molecule has 43 heavy (non-hydrogen) atoms. The Labute approximate surface area is 244 Å². The Bertz CT molecular complexity index is 1790. The van der Waals surface area contributed by atoms with Crippen molar-refractivity contribution in [3.05, 3.63) is 58.1 Å². The number of carboxylic acids is 1. The summed E-state index contributed by atoms with van der Waals surface area (Å²) in [5, 5.41) is 26.7. The van der Waals surface area contributed by atoms with Crippen LogP contribution in [0.15, 0.2) is 36.4 Å². The summed E-state index contributed by atoms with van der Waals surface area (Å²) in [6, 6.07) is 8.67. The van der Waals surface area contributed by atoms with E-state index < -0.39 is 42.4 Å². The van der Waals surface area contributed by atoms with Crippen LogP contribution in [-0.2, 0) is 28.0 Å². The fourth-order valence-electron chi connectivity index (χ4n) is 4.99. The molecule has 5 rings (SSSR count). The molecule has 2 aromatic heterocycles. The lowest BCUT2D eigenvalue weighted by molar-refractivity contribution is -0.285. The number of halogens is 6. The Hall–Kier alpha value is -4.53. The number of hydrogen-bond acceptors (Lipinski definition) is 7. The number of nitrogens with zero attached hydrogens (tertiary/aromatic N) is 4. The van der Waals surface area contributed by atoms with Crippen LogP contribution in [0.1, 0.15) is 36.5 Å². The molecular formula is C27H22ClF5N6O4. The summed E-state index contributed by atoms with van der Waals surface area (Å²) in [5.74, 6) is -7.07. The molecule has 10 nitrogen and oxygen atoms in total. The van der Waals surface area contributed by atoms with Gasteiger partial charge in [0, 0.05) is 29.8 Å². The number of anilines is 2. The van der Waals surface area contributed by atoms with Crippen molar-refractivity contribution in [2.75, 3.05) is 11.1 Å². The second-order valence-corrected chi connectivity index (χ2v) is 10.6. The number of carbonyl (C=O) groups is 2. The predicted octanol–water partition coefficient (Wildman–Crippen LogP) is 5.30. The second kappa shape index (κ2) is 10.3. The Morgan fingerprint density at radius 2 is 1.86 bits per heavy atom. The first-order valence-electron chi connectivity index (χ1n) is 12.7. The number of benzene rings is 2. The molecule has 1 aliphatic rings. The quantitative estimate of drug-likeness (QED) is 0.193. The van der Waals surface area contributed by atoms with Crippen molar-refractivity contribution in [3.63, 3.8) is 0 Å². The van der Waals surface area contributed by atoms with Crippen LogP contribution in [0.5, 0.6) is 5.75 Å². The highest BCUT2D eigenvalue weighted by molar-refractivity contribution is 6.31.